The predicted molar refractivity (Wildman–Crippen MR) is 76.9 cm³/mol. The molecule has 0 radical (unpaired) electrons. The molecular weight excluding hydrogens is 272 g/mol. The lowest BCUT2D eigenvalue weighted by atomic mass is 9.99. The minimum Gasteiger partial charge on any atom is -0.466 e. The molecule has 1 atom stereocenters. The zero-order chi connectivity index (χ0) is 15.4. The van der Waals surface area contributed by atoms with Gasteiger partial charge in [0.15, 0.2) is 0 Å². The highest BCUT2D eigenvalue weighted by Crippen LogP contribution is 2.16. The number of aliphatic hydroxyl groups is 1. The van der Waals surface area contributed by atoms with Gasteiger partial charge in [0.25, 0.3) is 5.91 Å². The van der Waals surface area contributed by atoms with Crippen molar-refractivity contribution in [2.24, 2.45) is 5.92 Å². The van der Waals surface area contributed by atoms with Gasteiger partial charge in [0, 0.05) is 19.7 Å². The van der Waals surface area contributed by atoms with Crippen molar-refractivity contribution in [1.82, 2.24) is 10.2 Å². The van der Waals surface area contributed by atoms with E-state index < -0.39 is 0 Å². The third-order valence-corrected chi connectivity index (χ3v) is 3.82. The van der Waals surface area contributed by atoms with E-state index in [1.807, 2.05) is 0 Å². The maximum absolute atomic E-state index is 12.1. The van der Waals surface area contributed by atoms with Crippen LogP contribution in [0.4, 0.5) is 0 Å². The van der Waals surface area contributed by atoms with Crippen molar-refractivity contribution in [2.75, 3.05) is 26.2 Å². The van der Waals surface area contributed by atoms with E-state index in [9.17, 15) is 14.7 Å². The largest absolute Gasteiger partial charge is 0.466 e. The summed E-state index contributed by atoms with van der Waals surface area (Å²) >= 11 is 0. The van der Waals surface area contributed by atoms with Gasteiger partial charge in [-0.15, -0.1) is 0 Å². The maximum Gasteiger partial charge on any atom is 0.255 e. The van der Waals surface area contributed by atoms with Crippen molar-refractivity contribution < 1.29 is 19.1 Å². The first-order valence-electron chi connectivity index (χ1n) is 7.25. The standard InChI is InChI=1S/C15H22N2O4/c1-10-6-13(11(2)21-10)15(20)16-7-14(19)17-5-3-4-12(8-17)9-18/h6,12,18H,3-5,7-9H2,1-2H3,(H,16,20). The predicted octanol–water partition coefficient (Wildman–Crippen LogP) is 0.857. The minimum absolute atomic E-state index is 0.0271. The normalized spacial score (nSPS) is 18.6. The van der Waals surface area contributed by atoms with Gasteiger partial charge in [0.1, 0.15) is 11.5 Å². The molecular formula is C15H22N2O4. The molecule has 2 rings (SSSR count). The molecule has 0 spiro atoms. The molecule has 0 bridgehead atoms. The zero-order valence-corrected chi connectivity index (χ0v) is 12.5. The van der Waals surface area contributed by atoms with Crippen LogP contribution in [0.1, 0.15) is 34.7 Å². The smallest absolute Gasteiger partial charge is 0.255 e. The first-order valence-corrected chi connectivity index (χ1v) is 7.25. The van der Waals surface area contributed by atoms with Crippen molar-refractivity contribution in [1.29, 1.82) is 0 Å². The third-order valence-electron chi connectivity index (χ3n) is 3.82. The molecule has 0 saturated carbocycles. The van der Waals surface area contributed by atoms with Gasteiger partial charge < -0.3 is 19.7 Å². The highest BCUT2D eigenvalue weighted by Gasteiger charge is 2.23. The van der Waals surface area contributed by atoms with Crippen LogP contribution in [0.2, 0.25) is 0 Å². The van der Waals surface area contributed by atoms with Crippen molar-refractivity contribution in [3.05, 3.63) is 23.2 Å². The van der Waals surface area contributed by atoms with Gasteiger partial charge in [-0.2, -0.15) is 0 Å². The molecule has 21 heavy (non-hydrogen) atoms. The van der Waals surface area contributed by atoms with Crippen LogP contribution >= 0.6 is 0 Å². The van der Waals surface area contributed by atoms with Gasteiger partial charge in [-0.3, -0.25) is 9.59 Å². The lowest BCUT2D eigenvalue weighted by Gasteiger charge is -2.31. The SMILES string of the molecule is Cc1cc(C(=O)NCC(=O)N2CCCC(CO)C2)c(C)o1. The zero-order valence-electron chi connectivity index (χ0n) is 12.5. The van der Waals surface area contributed by atoms with E-state index in [1.165, 1.54) is 0 Å². The van der Waals surface area contributed by atoms with Crippen LogP contribution in [0.25, 0.3) is 0 Å². The Labute approximate surface area is 124 Å². The van der Waals surface area contributed by atoms with Crippen molar-refractivity contribution in [3.8, 4) is 0 Å². The molecule has 6 heteroatoms. The molecule has 2 N–H and O–H groups in total. The number of hydrogen-bond donors (Lipinski definition) is 2. The van der Waals surface area contributed by atoms with Gasteiger partial charge in [0.05, 0.1) is 12.1 Å². The summed E-state index contributed by atoms with van der Waals surface area (Å²) < 4.78 is 5.30. The number of hydrogen-bond acceptors (Lipinski definition) is 4. The number of aryl methyl sites for hydroxylation is 2. The molecule has 116 valence electrons. The fourth-order valence-electron chi connectivity index (χ4n) is 2.66. The maximum atomic E-state index is 12.1. The molecule has 1 saturated heterocycles. The highest BCUT2D eigenvalue weighted by molar-refractivity contribution is 5.97. The molecule has 1 aromatic rings. The Kier molecular flexibility index (Phi) is 5.01. The average Bonchev–Trinajstić information content (AvgIpc) is 2.83. The van der Waals surface area contributed by atoms with Crippen LogP contribution in [0.5, 0.6) is 0 Å². The van der Waals surface area contributed by atoms with E-state index in [0.717, 1.165) is 12.8 Å². The number of rotatable bonds is 4. The second-order valence-electron chi connectivity index (χ2n) is 5.54. The monoisotopic (exact) mass is 294 g/mol. The first-order chi connectivity index (χ1) is 10.0. The summed E-state index contributed by atoms with van der Waals surface area (Å²) in [6.45, 7) is 4.83. The molecule has 1 aliphatic rings. The summed E-state index contributed by atoms with van der Waals surface area (Å²) in [5.74, 6) is 0.964. The highest BCUT2D eigenvalue weighted by atomic mass is 16.3. The molecule has 6 nitrogen and oxygen atoms in total. The van der Waals surface area contributed by atoms with Crippen LogP contribution in [0, 0.1) is 19.8 Å². The molecule has 1 aromatic heterocycles. The van der Waals surface area contributed by atoms with E-state index >= 15 is 0 Å². The number of likely N-dealkylation sites (tertiary alicyclic amines) is 1. The van der Waals surface area contributed by atoms with Gasteiger partial charge in [-0.25, -0.2) is 0 Å². The van der Waals surface area contributed by atoms with Crippen molar-refractivity contribution in [2.45, 2.75) is 26.7 Å². The molecule has 0 aromatic carbocycles. The van der Waals surface area contributed by atoms with Crippen molar-refractivity contribution in [3.63, 3.8) is 0 Å². The third kappa shape index (κ3) is 3.85. The first kappa shape index (κ1) is 15.6. The van der Waals surface area contributed by atoms with Crippen molar-refractivity contribution >= 4 is 11.8 Å². The number of carbonyl (C=O) groups excluding carboxylic acids is 2. The van der Waals surface area contributed by atoms with E-state index in [4.69, 9.17) is 4.42 Å². The van der Waals surface area contributed by atoms with Crippen LogP contribution in [-0.2, 0) is 4.79 Å². The second kappa shape index (κ2) is 6.76. The van der Waals surface area contributed by atoms with E-state index in [1.54, 1.807) is 24.8 Å². The fourth-order valence-corrected chi connectivity index (χ4v) is 2.66. The number of piperidine rings is 1. The van der Waals surface area contributed by atoms with Gasteiger partial charge >= 0.3 is 0 Å². The van der Waals surface area contributed by atoms with Gasteiger partial charge in [-0.05, 0) is 38.7 Å². The fraction of sp³-hybridized carbons (Fsp3) is 0.600. The van der Waals surface area contributed by atoms with Gasteiger partial charge in [-0.1, -0.05) is 0 Å². The van der Waals surface area contributed by atoms with Crippen LogP contribution < -0.4 is 5.32 Å². The molecule has 1 unspecified atom stereocenters. The minimum atomic E-state index is -0.298. The Bertz CT molecular complexity index is 524. The Morgan fingerprint density at radius 2 is 2.24 bits per heavy atom. The molecule has 2 heterocycles. The number of aliphatic hydroxyl groups excluding tert-OH is 1. The Morgan fingerprint density at radius 1 is 1.48 bits per heavy atom. The molecule has 0 aliphatic carbocycles. The van der Waals surface area contributed by atoms with Gasteiger partial charge in [0.2, 0.25) is 5.91 Å². The van der Waals surface area contributed by atoms with Crippen LogP contribution in [-0.4, -0.2) is 48.1 Å². The number of furan rings is 1. The summed E-state index contributed by atoms with van der Waals surface area (Å²) in [6.07, 6.45) is 1.84. The molecule has 2 amide bonds. The summed E-state index contributed by atoms with van der Waals surface area (Å²) in [7, 11) is 0. The lowest BCUT2D eigenvalue weighted by molar-refractivity contribution is -0.132. The number of nitrogens with one attached hydrogen (secondary N) is 1. The quantitative estimate of drug-likeness (QED) is 0.862. The second-order valence-corrected chi connectivity index (χ2v) is 5.54. The average molecular weight is 294 g/mol. The number of carbonyl (C=O) groups is 2. The number of amides is 2. The number of nitrogens with zero attached hydrogens (tertiary/aromatic N) is 1. The van der Waals surface area contributed by atoms with Crippen LogP contribution in [0.3, 0.4) is 0 Å². The topological polar surface area (TPSA) is 82.8 Å². The summed E-state index contributed by atoms with van der Waals surface area (Å²) in [5.41, 5.74) is 0.465. The van der Waals surface area contributed by atoms with E-state index in [0.29, 0.717) is 30.2 Å². The Balaban J connectivity index is 1.86. The summed E-state index contributed by atoms with van der Waals surface area (Å²) in [5, 5.41) is 11.8. The Hall–Kier alpha value is -1.82. The molecule has 1 aliphatic heterocycles. The van der Waals surface area contributed by atoms with Crippen LogP contribution in [0.15, 0.2) is 10.5 Å². The Morgan fingerprint density at radius 3 is 2.86 bits per heavy atom. The lowest BCUT2D eigenvalue weighted by Crippen LogP contribution is -2.45. The summed E-state index contributed by atoms with van der Waals surface area (Å²) in [4.78, 5) is 25.8. The van der Waals surface area contributed by atoms with E-state index in [-0.39, 0.29) is 30.9 Å². The molecule has 1 fully saturated rings. The summed E-state index contributed by atoms with van der Waals surface area (Å²) in [6, 6.07) is 1.66. The van der Waals surface area contributed by atoms with E-state index in [2.05, 4.69) is 5.32 Å².